The minimum Gasteiger partial charge on any atom is -0.365 e. The molecular formula is C8H16N2O2. The highest BCUT2D eigenvalue weighted by Gasteiger charge is 2.24. The minimum absolute atomic E-state index is 0.283. The molecule has 0 aliphatic carbocycles. The maximum Gasteiger partial charge on any atom is 0.108 e. The summed E-state index contributed by atoms with van der Waals surface area (Å²) in [6.07, 6.45) is 0.283. The summed E-state index contributed by atoms with van der Waals surface area (Å²) < 4.78 is 10.7. The topological polar surface area (TPSA) is 24.9 Å². The van der Waals surface area contributed by atoms with Gasteiger partial charge >= 0.3 is 0 Å². The molecule has 70 valence electrons. The normalized spacial score (nSPS) is 33.2. The Balaban J connectivity index is 1.77. The molecule has 0 unspecified atom stereocenters. The average Bonchev–Trinajstić information content (AvgIpc) is 2.65. The highest BCUT2D eigenvalue weighted by atomic mass is 16.5. The van der Waals surface area contributed by atoms with Gasteiger partial charge in [0.15, 0.2) is 0 Å². The van der Waals surface area contributed by atoms with Crippen molar-refractivity contribution in [2.75, 3.05) is 39.7 Å². The number of ether oxygens (including phenoxy) is 2. The van der Waals surface area contributed by atoms with Gasteiger partial charge in [0.25, 0.3) is 0 Å². The second kappa shape index (κ2) is 3.70. The number of nitrogens with zero attached hydrogens (tertiary/aromatic N) is 2. The van der Waals surface area contributed by atoms with Gasteiger partial charge in [-0.2, -0.15) is 0 Å². The van der Waals surface area contributed by atoms with Crippen LogP contribution in [-0.2, 0) is 9.47 Å². The molecule has 2 heterocycles. The zero-order valence-corrected chi connectivity index (χ0v) is 7.53. The van der Waals surface area contributed by atoms with Crippen molar-refractivity contribution in [3.05, 3.63) is 0 Å². The van der Waals surface area contributed by atoms with E-state index in [0.29, 0.717) is 0 Å². The van der Waals surface area contributed by atoms with E-state index in [1.54, 1.807) is 0 Å². The van der Waals surface area contributed by atoms with Crippen LogP contribution in [0.15, 0.2) is 0 Å². The van der Waals surface area contributed by atoms with E-state index in [0.717, 1.165) is 39.7 Å². The highest BCUT2D eigenvalue weighted by Crippen LogP contribution is 2.10. The van der Waals surface area contributed by atoms with E-state index in [-0.39, 0.29) is 6.23 Å². The van der Waals surface area contributed by atoms with Gasteiger partial charge in [0, 0.05) is 13.1 Å². The third-order valence-corrected chi connectivity index (χ3v) is 2.46. The van der Waals surface area contributed by atoms with Crippen molar-refractivity contribution in [3.63, 3.8) is 0 Å². The van der Waals surface area contributed by atoms with Gasteiger partial charge in [0.2, 0.25) is 0 Å². The molecule has 12 heavy (non-hydrogen) atoms. The largest absolute Gasteiger partial charge is 0.365 e. The van der Waals surface area contributed by atoms with E-state index in [1.807, 2.05) is 0 Å². The molecule has 2 saturated heterocycles. The summed E-state index contributed by atoms with van der Waals surface area (Å²) in [5.41, 5.74) is 0. The molecule has 0 aromatic rings. The molecule has 0 spiro atoms. The smallest absolute Gasteiger partial charge is 0.108 e. The Bertz CT molecular complexity index is 148. The minimum atomic E-state index is 0.283. The lowest BCUT2D eigenvalue weighted by Crippen LogP contribution is -2.38. The van der Waals surface area contributed by atoms with Crippen LogP contribution in [0.5, 0.6) is 0 Å². The molecule has 2 aliphatic rings. The Kier molecular flexibility index (Phi) is 2.60. The maximum absolute atomic E-state index is 5.43. The highest BCUT2D eigenvalue weighted by molar-refractivity contribution is 4.67. The summed E-state index contributed by atoms with van der Waals surface area (Å²) in [4.78, 5) is 4.62. The molecule has 4 nitrogen and oxygen atoms in total. The van der Waals surface area contributed by atoms with E-state index in [9.17, 15) is 0 Å². The zero-order valence-electron chi connectivity index (χ0n) is 7.53. The lowest BCUT2D eigenvalue weighted by atomic mass is 10.5. The molecule has 2 fully saturated rings. The van der Waals surface area contributed by atoms with Crippen LogP contribution < -0.4 is 0 Å². The van der Waals surface area contributed by atoms with Gasteiger partial charge in [-0.25, -0.2) is 0 Å². The van der Waals surface area contributed by atoms with E-state index in [1.165, 1.54) is 0 Å². The zero-order chi connectivity index (χ0) is 8.39. The molecule has 1 atom stereocenters. The van der Waals surface area contributed by atoms with Crippen LogP contribution in [0.1, 0.15) is 6.92 Å². The van der Waals surface area contributed by atoms with Crippen LogP contribution in [0, 0.1) is 0 Å². The number of rotatable bonds is 2. The van der Waals surface area contributed by atoms with Crippen molar-refractivity contribution < 1.29 is 9.47 Å². The first kappa shape index (κ1) is 8.44. The van der Waals surface area contributed by atoms with Crippen LogP contribution in [-0.4, -0.2) is 55.7 Å². The van der Waals surface area contributed by atoms with E-state index < -0.39 is 0 Å². The number of hydrogen-bond acceptors (Lipinski definition) is 4. The first-order chi connectivity index (χ1) is 5.86. The second-order valence-electron chi connectivity index (χ2n) is 3.36. The van der Waals surface area contributed by atoms with Crippen LogP contribution in [0.4, 0.5) is 0 Å². The van der Waals surface area contributed by atoms with Crippen molar-refractivity contribution in [2.45, 2.75) is 13.2 Å². The summed E-state index contributed by atoms with van der Waals surface area (Å²) in [5.74, 6) is 0. The van der Waals surface area contributed by atoms with Gasteiger partial charge in [-0.15, -0.1) is 0 Å². The molecular weight excluding hydrogens is 156 g/mol. The first-order valence-corrected chi connectivity index (χ1v) is 4.52. The van der Waals surface area contributed by atoms with Crippen molar-refractivity contribution in [2.24, 2.45) is 0 Å². The van der Waals surface area contributed by atoms with Crippen LogP contribution in [0.3, 0.4) is 0 Å². The molecule has 4 heteroatoms. The average molecular weight is 172 g/mol. The summed E-state index contributed by atoms with van der Waals surface area (Å²) in [6, 6.07) is 0. The monoisotopic (exact) mass is 172 g/mol. The van der Waals surface area contributed by atoms with E-state index in [2.05, 4.69) is 16.7 Å². The Morgan fingerprint density at radius 3 is 2.83 bits per heavy atom. The Labute approximate surface area is 73.0 Å². The molecule has 0 amide bonds. The molecule has 0 bridgehead atoms. The van der Waals surface area contributed by atoms with Crippen molar-refractivity contribution in [1.82, 2.24) is 9.80 Å². The summed E-state index contributed by atoms with van der Waals surface area (Å²) in [7, 11) is 0. The maximum atomic E-state index is 5.43. The fraction of sp³-hybridized carbons (Fsp3) is 1.00. The van der Waals surface area contributed by atoms with Gasteiger partial charge in [-0.05, 0) is 6.92 Å². The molecule has 0 saturated carbocycles. The summed E-state index contributed by atoms with van der Waals surface area (Å²) in [5, 5.41) is 0. The SMILES string of the molecule is C[C@H]1OCCN1CN1CCOC1. The van der Waals surface area contributed by atoms with Crippen LogP contribution >= 0.6 is 0 Å². The Morgan fingerprint density at radius 2 is 2.25 bits per heavy atom. The molecule has 0 N–H and O–H groups in total. The molecule has 0 aromatic heterocycles. The van der Waals surface area contributed by atoms with Crippen LogP contribution in [0.25, 0.3) is 0 Å². The second-order valence-corrected chi connectivity index (χ2v) is 3.36. The van der Waals surface area contributed by atoms with E-state index >= 15 is 0 Å². The Hall–Kier alpha value is -0.160. The van der Waals surface area contributed by atoms with Gasteiger partial charge in [0.1, 0.15) is 13.0 Å². The molecule has 0 aromatic carbocycles. The molecule has 0 radical (unpaired) electrons. The van der Waals surface area contributed by atoms with Gasteiger partial charge in [-0.3, -0.25) is 9.80 Å². The third kappa shape index (κ3) is 1.77. The molecule has 2 aliphatic heterocycles. The standard InChI is InChI=1S/C8H16N2O2/c1-8-10(3-5-12-8)6-9-2-4-11-7-9/h8H,2-7H2,1H3/t8-/m1/s1. The van der Waals surface area contributed by atoms with Crippen molar-refractivity contribution in [1.29, 1.82) is 0 Å². The van der Waals surface area contributed by atoms with Gasteiger partial charge < -0.3 is 9.47 Å². The number of hydrogen-bond donors (Lipinski definition) is 0. The van der Waals surface area contributed by atoms with E-state index in [4.69, 9.17) is 9.47 Å². The lowest BCUT2D eigenvalue weighted by molar-refractivity contribution is 0.0139. The lowest BCUT2D eigenvalue weighted by Gasteiger charge is -2.24. The van der Waals surface area contributed by atoms with Crippen LogP contribution in [0.2, 0.25) is 0 Å². The van der Waals surface area contributed by atoms with Gasteiger partial charge in [-0.1, -0.05) is 0 Å². The summed E-state index contributed by atoms with van der Waals surface area (Å²) in [6.45, 7) is 7.73. The van der Waals surface area contributed by atoms with Gasteiger partial charge in [0.05, 0.1) is 19.9 Å². The Morgan fingerprint density at radius 1 is 1.33 bits per heavy atom. The van der Waals surface area contributed by atoms with Crippen molar-refractivity contribution in [3.8, 4) is 0 Å². The molecule has 2 rings (SSSR count). The fourth-order valence-corrected chi connectivity index (χ4v) is 1.63. The third-order valence-electron chi connectivity index (χ3n) is 2.46. The predicted octanol–water partition coefficient (Wildman–Crippen LogP) is -0.0882. The first-order valence-electron chi connectivity index (χ1n) is 4.52. The quantitative estimate of drug-likeness (QED) is 0.581. The van der Waals surface area contributed by atoms with Crippen molar-refractivity contribution >= 4 is 0 Å². The summed E-state index contributed by atoms with van der Waals surface area (Å²) >= 11 is 0. The predicted molar refractivity (Wildman–Crippen MR) is 44.5 cm³/mol. The fourth-order valence-electron chi connectivity index (χ4n) is 1.63.